The van der Waals surface area contributed by atoms with Crippen LogP contribution in [-0.2, 0) is 4.74 Å². The summed E-state index contributed by atoms with van der Waals surface area (Å²) in [7, 11) is 0. The molecule has 2 heterocycles. The zero-order valence-corrected chi connectivity index (χ0v) is 16.1. The first kappa shape index (κ1) is 18.6. The lowest BCUT2D eigenvalue weighted by molar-refractivity contribution is 0.0245. The fourth-order valence-corrected chi connectivity index (χ4v) is 2.85. The largest absolute Gasteiger partial charge is 0.449 e. The van der Waals surface area contributed by atoms with Gasteiger partial charge in [-0.2, -0.15) is 0 Å². The Bertz CT molecular complexity index is 1250. The SMILES string of the molecule is Cc1ccc(-c2nnc([C@@H](C)OC(=O)c3cc(=O)c4cc(C)ccc4o3)o2)cc1. The van der Waals surface area contributed by atoms with E-state index in [1.165, 1.54) is 0 Å². The van der Waals surface area contributed by atoms with Gasteiger partial charge < -0.3 is 13.6 Å². The zero-order chi connectivity index (χ0) is 20.5. The zero-order valence-electron chi connectivity index (χ0n) is 16.1. The van der Waals surface area contributed by atoms with E-state index < -0.39 is 12.1 Å². The summed E-state index contributed by atoms with van der Waals surface area (Å²) < 4.78 is 16.5. The van der Waals surface area contributed by atoms with Crippen molar-refractivity contribution in [1.82, 2.24) is 10.2 Å². The van der Waals surface area contributed by atoms with Crippen LogP contribution in [0.15, 0.2) is 62.2 Å². The molecule has 0 amide bonds. The van der Waals surface area contributed by atoms with Gasteiger partial charge in [0.25, 0.3) is 5.89 Å². The normalized spacial score (nSPS) is 12.1. The number of fused-ring (bicyclic) bond motifs is 1. The number of benzene rings is 2. The summed E-state index contributed by atoms with van der Waals surface area (Å²) in [5.74, 6) is -0.494. The molecule has 0 spiro atoms. The molecule has 0 unspecified atom stereocenters. The van der Waals surface area contributed by atoms with E-state index in [1.807, 2.05) is 38.1 Å². The number of rotatable bonds is 4. The maximum absolute atomic E-state index is 12.5. The molecule has 0 saturated carbocycles. The molecule has 0 aliphatic carbocycles. The first-order chi connectivity index (χ1) is 13.9. The fourth-order valence-electron chi connectivity index (χ4n) is 2.85. The van der Waals surface area contributed by atoms with Crippen LogP contribution in [0.2, 0.25) is 0 Å². The van der Waals surface area contributed by atoms with Gasteiger partial charge in [-0.05, 0) is 45.0 Å². The van der Waals surface area contributed by atoms with Crippen molar-refractivity contribution in [1.29, 1.82) is 0 Å². The van der Waals surface area contributed by atoms with Gasteiger partial charge in [0.15, 0.2) is 11.5 Å². The van der Waals surface area contributed by atoms with Gasteiger partial charge in [-0.15, -0.1) is 10.2 Å². The monoisotopic (exact) mass is 390 g/mol. The minimum atomic E-state index is -0.812. The molecule has 7 heteroatoms. The first-order valence-electron chi connectivity index (χ1n) is 9.06. The Morgan fingerprint density at radius 3 is 2.45 bits per heavy atom. The fraction of sp³-hybridized carbons (Fsp3) is 0.182. The van der Waals surface area contributed by atoms with Gasteiger partial charge in [0.1, 0.15) is 5.58 Å². The summed E-state index contributed by atoms with van der Waals surface area (Å²) >= 11 is 0. The van der Waals surface area contributed by atoms with Gasteiger partial charge in [-0.1, -0.05) is 29.3 Å². The predicted molar refractivity (Wildman–Crippen MR) is 106 cm³/mol. The van der Waals surface area contributed by atoms with E-state index in [0.29, 0.717) is 16.9 Å². The summed E-state index contributed by atoms with van der Waals surface area (Å²) in [6.45, 7) is 5.46. The maximum atomic E-state index is 12.5. The third kappa shape index (κ3) is 3.80. The summed E-state index contributed by atoms with van der Waals surface area (Å²) in [6.07, 6.45) is -0.812. The molecule has 2 aromatic carbocycles. The van der Waals surface area contributed by atoms with Crippen LogP contribution in [0, 0.1) is 13.8 Å². The standard InChI is InChI=1S/C22H18N2O5/c1-12-4-7-15(8-5-12)21-24-23-20(29-21)14(3)27-22(26)19-11-17(25)16-10-13(2)6-9-18(16)28-19/h4-11,14H,1-3H3/t14-/m1/s1. The Labute approximate surface area is 165 Å². The van der Waals surface area contributed by atoms with Crippen molar-refractivity contribution in [3.05, 3.63) is 81.5 Å². The predicted octanol–water partition coefficient (Wildman–Crippen LogP) is 4.38. The van der Waals surface area contributed by atoms with E-state index in [2.05, 4.69) is 10.2 Å². The average Bonchev–Trinajstić information content (AvgIpc) is 3.19. The highest BCUT2D eigenvalue weighted by molar-refractivity contribution is 5.89. The second kappa shape index (κ2) is 7.35. The first-order valence-corrected chi connectivity index (χ1v) is 9.06. The molecule has 0 fully saturated rings. The third-order valence-corrected chi connectivity index (χ3v) is 4.45. The topological polar surface area (TPSA) is 95.4 Å². The molecule has 1 atom stereocenters. The quantitative estimate of drug-likeness (QED) is 0.477. The second-order valence-corrected chi connectivity index (χ2v) is 6.83. The van der Waals surface area contributed by atoms with Crippen molar-refractivity contribution in [2.75, 3.05) is 0 Å². The molecule has 0 N–H and O–H groups in total. The van der Waals surface area contributed by atoms with Crippen LogP contribution in [-0.4, -0.2) is 16.2 Å². The van der Waals surface area contributed by atoms with E-state index in [9.17, 15) is 9.59 Å². The smallest absolute Gasteiger partial charge is 0.375 e. The number of hydrogen-bond acceptors (Lipinski definition) is 7. The molecular formula is C22H18N2O5. The summed E-state index contributed by atoms with van der Waals surface area (Å²) in [4.78, 5) is 24.7. The minimum absolute atomic E-state index is 0.146. The molecule has 2 aromatic heterocycles. The number of hydrogen-bond donors (Lipinski definition) is 0. The Morgan fingerprint density at radius 1 is 0.966 bits per heavy atom. The van der Waals surface area contributed by atoms with Gasteiger partial charge in [0, 0.05) is 11.6 Å². The van der Waals surface area contributed by atoms with Gasteiger partial charge in [-0.25, -0.2) is 4.79 Å². The molecule has 0 radical (unpaired) electrons. The molecule has 146 valence electrons. The van der Waals surface area contributed by atoms with Crippen molar-refractivity contribution >= 4 is 16.9 Å². The van der Waals surface area contributed by atoms with Crippen LogP contribution in [0.5, 0.6) is 0 Å². The van der Waals surface area contributed by atoms with Crippen molar-refractivity contribution in [2.24, 2.45) is 0 Å². The van der Waals surface area contributed by atoms with Crippen LogP contribution in [0.25, 0.3) is 22.4 Å². The van der Waals surface area contributed by atoms with E-state index in [0.717, 1.165) is 22.8 Å². The van der Waals surface area contributed by atoms with Gasteiger partial charge in [0.2, 0.25) is 11.7 Å². The molecule has 0 saturated heterocycles. The molecule has 0 aliphatic rings. The Balaban J connectivity index is 1.54. The van der Waals surface area contributed by atoms with Crippen molar-refractivity contribution in [2.45, 2.75) is 26.9 Å². The lowest BCUT2D eigenvalue weighted by atomic mass is 10.1. The molecule has 4 aromatic rings. The van der Waals surface area contributed by atoms with Crippen LogP contribution < -0.4 is 5.43 Å². The third-order valence-electron chi connectivity index (χ3n) is 4.45. The number of aromatic nitrogens is 2. The number of aryl methyl sites for hydroxylation is 2. The number of nitrogens with zero attached hydrogens (tertiary/aromatic N) is 2. The molecular weight excluding hydrogens is 372 g/mol. The average molecular weight is 390 g/mol. The van der Waals surface area contributed by atoms with E-state index in [4.69, 9.17) is 13.6 Å². The van der Waals surface area contributed by atoms with Crippen LogP contribution >= 0.6 is 0 Å². The van der Waals surface area contributed by atoms with Gasteiger partial charge >= 0.3 is 5.97 Å². The highest BCUT2D eigenvalue weighted by Crippen LogP contribution is 2.24. The van der Waals surface area contributed by atoms with Gasteiger partial charge in [-0.3, -0.25) is 4.79 Å². The number of carbonyl (C=O) groups is 1. The summed E-state index contributed by atoms with van der Waals surface area (Å²) in [5.41, 5.74) is 2.82. The Morgan fingerprint density at radius 2 is 1.69 bits per heavy atom. The number of carbonyl (C=O) groups excluding carboxylic acids is 1. The second-order valence-electron chi connectivity index (χ2n) is 6.83. The lowest BCUT2D eigenvalue weighted by Crippen LogP contribution is -2.12. The Hall–Kier alpha value is -3.74. The molecule has 4 rings (SSSR count). The van der Waals surface area contributed by atoms with Crippen molar-refractivity contribution in [3.63, 3.8) is 0 Å². The highest BCUT2D eigenvalue weighted by atomic mass is 16.6. The number of ether oxygens (including phenoxy) is 1. The van der Waals surface area contributed by atoms with E-state index >= 15 is 0 Å². The molecule has 0 aliphatic heterocycles. The summed E-state index contributed by atoms with van der Waals surface area (Å²) in [5, 5.41) is 8.36. The molecule has 0 bridgehead atoms. The molecule has 7 nitrogen and oxygen atoms in total. The lowest BCUT2D eigenvalue weighted by Gasteiger charge is -2.09. The van der Waals surface area contributed by atoms with E-state index in [1.54, 1.807) is 25.1 Å². The van der Waals surface area contributed by atoms with E-state index in [-0.39, 0.29) is 17.1 Å². The van der Waals surface area contributed by atoms with Crippen LogP contribution in [0.3, 0.4) is 0 Å². The minimum Gasteiger partial charge on any atom is -0.449 e. The highest BCUT2D eigenvalue weighted by Gasteiger charge is 2.22. The summed E-state index contributed by atoms with van der Waals surface area (Å²) in [6, 6.07) is 13.9. The number of esters is 1. The molecule has 29 heavy (non-hydrogen) atoms. The van der Waals surface area contributed by atoms with Crippen molar-refractivity contribution in [3.8, 4) is 11.5 Å². The maximum Gasteiger partial charge on any atom is 0.375 e. The van der Waals surface area contributed by atoms with Crippen LogP contribution in [0.4, 0.5) is 0 Å². The van der Waals surface area contributed by atoms with Crippen LogP contribution in [0.1, 0.15) is 40.6 Å². The van der Waals surface area contributed by atoms with Crippen molar-refractivity contribution < 1.29 is 18.4 Å². The Kier molecular flexibility index (Phi) is 4.72. The van der Waals surface area contributed by atoms with Gasteiger partial charge in [0.05, 0.1) is 5.39 Å².